The van der Waals surface area contributed by atoms with Gasteiger partial charge in [0.15, 0.2) is 17.7 Å². The number of nitrogens with zero attached hydrogens (tertiary/aromatic N) is 2. The molecule has 1 aliphatic carbocycles. The first-order valence-corrected chi connectivity index (χ1v) is 10.3. The first-order valence-electron chi connectivity index (χ1n) is 10.3. The molecule has 1 saturated heterocycles. The van der Waals surface area contributed by atoms with E-state index in [4.69, 9.17) is 4.74 Å². The lowest BCUT2D eigenvalue weighted by Crippen LogP contribution is -2.57. The largest absolute Gasteiger partial charge is 0.503 e. The molecular formula is C22H22FN3O5. The molecule has 1 aromatic carbocycles. The van der Waals surface area contributed by atoms with Gasteiger partial charge in [0, 0.05) is 12.2 Å². The molecule has 0 radical (unpaired) electrons. The summed E-state index contributed by atoms with van der Waals surface area (Å²) in [6.07, 6.45) is 3.39. The Morgan fingerprint density at radius 2 is 2.00 bits per heavy atom. The average Bonchev–Trinajstić information content (AvgIpc) is 3.11. The Balaban J connectivity index is 1.45. The van der Waals surface area contributed by atoms with Gasteiger partial charge in [-0.2, -0.15) is 0 Å². The number of aromatic hydroxyl groups is 1. The summed E-state index contributed by atoms with van der Waals surface area (Å²) >= 11 is 0. The summed E-state index contributed by atoms with van der Waals surface area (Å²) in [6.45, 7) is 1.93. The number of hydrogen-bond acceptors (Lipinski definition) is 5. The fraction of sp³-hybridized carbons (Fsp3) is 0.409. The van der Waals surface area contributed by atoms with E-state index in [1.54, 1.807) is 24.0 Å². The van der Waals surface area contributed by atoms with Crippen LogP contribution in [0.5, 0.6) is 5.75 Å². The van der Waals surface area contributed by atoms with Crippen molar-refractivity contribution >= 4 is 11.8 Å². The van der Waals surface area contributed by atoms with Crippen LogP contribution in [0.25, 0.3) is 0 Å². The third-order valence-electron chi connectivity index (χ3n) is 6.42. The number of halogens is 1. The zero-order valence-corrected chi connectivity index (χ0v) is 16.9. The first kappa shape index (κ1) is 19.7. The highest BCUT2D eigenvalue weighted by molar-refractivity contribution is 5.99. The van der Waals surface area contributed by atoms with Crippen molar-refractivity contribution in [2.75, 3.05) is 0 Å². The molecule has 2 amide bonds. The van der Waals surface area contributed by atoms with Gasteiger partial charge in [-0.1, -0.05) is 12.1 Å². The van der Waals surface area contributed by atoms with Gasteiger partial charge in [-0.05, 0) is 43.9 Å². The van der Waals surface area contributed by atoms with Crippen molar-refractivity contribution in [3.8, 4) is 5.75 Å². The molecule has 1 saturated carbocycles. The minimum Gasteiger partial charge on any atom is -0.503 e. The summed E-state index contributed by atoms with van der Waals surface area (Å²) in [5.74, 6) is -2.27. The highest BCUT2D eigenvalue weighted by atomic mass is 19.1. The van der Waals surface area contributed by atoms with Crippen molar-refractivity contribution in [3.63, 3.8) is 0 Å². The average molecular weight is 427 g/mol. The number of rotatable bonds is 3. The zero-order valence-electron chi connectivity index (χ0n) is 16.9. The Morgan fingerprint density at radius 3 is 2.74 bits per heavy atom. The number of pyridine rings is 1. The van der Waals surface area contributed by atoms with Crippen molar-refractivity contribution < 1.29 is 23.8 Å². The summed E-state index contributed by atoms with van der Waals surface area (Å²) in [5, 5.41) is 13.2. The van der Waals surface area contributed by atoms with Crippen LogP contribution in [0.4, 0.5) is 4.39 Å². The Morgan fingerprint density at radius 1 is 1.26 bits per heavy atom. The topological polar surface area (TPSA) is 101 Å². The number of carbonyl (C=O) groups is 2. The van der Waals surface area contributed by atoms with Gasteiger partial charge in [0.2, 0.25) is 5.43 Å². The third kappa shape index (κ3) is 3.20. The molecule has 1 aromatic heterocycles. The minimum absolute atomic E-state index is 0.0408. The lowest BCUT2D eigenvalue weighted by Gasteiger charge is -2.44. The maximum Gasteiger partial charge on any atom is 0.276 e. The maximum absolute atomic E-state index is 13.1. The third-order valence-corrected chi connectivity index (χ3v) is 6.42. The van der Waals surface area contributed by atoms with Crippen molar-refractivity contribution in [3.05, 3.63) is 63.3 Å². The molecule has 9 heteroatoms. The van der Waals surface area contributed by atoms with E-state index in [9.17, 15) is 23.9 Å². The number of carbonyl (C=O) groups excluding carboxylic acids is 2. The summed E-state index contributed by atoms with van der Waals surface area (Å²) in [7, 11) is 0. The Labute approximate surface area is 177 Å². The molecule has 2 fully saturated rings. The van der Waals surface area contributed by atoms with Crippen LogP contribution in [0.15, 0.2) is 35.3 Å². The number of benzene rings is 1. The number of amides is 2. The van der Waals surface area contributed by atoms with E-state index < -0.39 is 41.1 Å². The van der Waals surface area contributed by atoms with Gasteiger partial charge in [-0.3, -0.25) is 14.4 Å². The summed E-state index contributed by atoms with van der Waals surface area (Å²) in [6, 6.07) is 5.20. The van der Waals surface area contributed by atoms with Crippen LogP contribution >= 0.6 is 0 Å². The second-order valence-corrected chi connectivity index (χ2v) is 8.36. The molecular weight excluding hydrogens is 405 g/mol. The second-order valence-electron chi connectivity index (χ2n) is 8.36. The SMILES string of the molecule is C[C@@H](NC(=O)c1cn2c(c(O)c1=O)C(=O)N1[C@H]3CC[C@H](C3)O[C@H]1C2)c1ccc(F)cc1. The molecule has 2 aromatic rings. The molecule has 3 aliphatic rings. The van der Waals surface area contributed by atoms with E-state index in [-0.39, 0.29) is 29.9 Å². The number of ether oxygens (including phenoxy) is 1. The van der Waals surface area contributed by atoms with E-state index in [0.29, 0.717) is 5.56 Å². The molecule has 5 rings (SSSR count). The normalized spacial score (nSPS) is 25.0. The fourth-order valence-electron chi connectivity index (χ4n) is 4.82. The van der Waals surface area contributed by atoms with Gasteiger partial charge < -0.3 is 24.6 Å². The van der Waals surface area contributed by atoms with Gasteiger partial charge >= 0.3 is 0 Å². The molecule has 31 heavy (non-hydrogen) atoms. The van der Waals surface area contributed by atoms with Gasteiger partial charge in [-0.15, -0.1) is 0 Å². The van der Waals surface area contributed by atoms with Crippen LogP contribution in [0, 0.1) is 5.82 Å². The predicted octanol–water partition coefficient (Wildman–Crippen LogP) is 1.92. The van der Waals surface area contributed by atoms with Crippen molar-refractivity contribution in [1.82, 2.24) is 14.8 Å². The van der Waals surface area contributed by atoms with E-state index in [1.165, 1.54) is 22.9 Å². The van der Waals surface area contributed by atoms with Gasteiger partial charge in [-0.25, -0.2) is 4.39 Å². The lowest BCUT2D eigenvalue weighted by molar-refractivity contribution is -0.132. The summed E-state index contributed by atoms with van der Waals surface area (Å²) in [4.78, 5) is 40.2. The lowest BCUT2D eigenvalue weighted by atomic mass is 10.1. The Kier molecular flexibility index (Phi) is 4.58. The van der Waals surface area contributed by atoms with Crippen molar-refractivity contribution in [1.29, 1.82) is 0 Å². The van der Waals surface area contributed by atoms with Crippen LogP contribution in [0.2, 0.25) is 0 Å². The number of hydrogen-bond donors (Lipinski definition) is 2. The first-order chi connectivity index (χ1) is 14.8. The molecule has 0 unspecified atom stereocenters. The fourth-order valence-corrected chi connectivity index (χ4v) is 4.82. The van der Waals surface area contributed by atoms with Crippen molar-refractivity contribution in [2.45, 2.75) is 57.1 Å². The van der Waals surface area contributed by atoms with Crippen LogP contribution in [0.1, 0.15) is 58.6 Å². The van der Waals surface area contributed by atoms with E-state index in [2.05, 4.69) is 5.32 Å². The molecule has 4 atom stereocenters. The minimum atomic E-state index is -0.899. The molecule has 0 spiro atoms. The molecule has 2 aliphatic heterocycles. The number of aromatic nitrogens is 1. The molecule has 2 N–H and O–H groups in total. The summed E-state index contributed by atoms with van der Waals surface area (Å²) in [5.41, 5.74) is -0.619. The Bertz CT molecular complexity index is 1130. The maximum atomic E-state index is 13.1. The van der Waals surface area contributed by atoms with Crippen LogP contribution in [-0.4, -0.2) is 44.8 Å². The highest BCUT2D eigenvalue weighted by Crippen LogP contribution is 2.38. The summed E-state index contributed by atoms with van der Waals surface area (Å²) < 4.78 is 20.6. The predicted molar refractivity (Wildman–Crippen MR) is 107 cm³/mol. The van der Waals surface area contributed by atoms with E-state index >= 15 is 0 Å². The molecule has 8 nitrogen and oxygen atoms in total. The standard InChI is InChI=1S/C22H22FN3O5/c1-11(12-2-4-13(23)5-3-12)24-21(29)16-9-25-10-17-26(14-6-7-15(8-14)31-17)22(30)18(25)20(28)19(16)27/h2-5,9,11,14-15,17,28H,6-8,10H2,1H3,(H,24,29)/t11-,14+,15-,17+/m1/s1. The zero-order chi connectivity index (χ0) is 21.9. The number of fused-ring (bicyclic) bond motifs is 5. The van der Waals surface area contributed by atoms with Gasteiger partial charge in [0.25, 0.3) is 11.8 Å². The highest BCUT2D eigenvalue weighted by Gasteiger charge is 2.47. The van der Waals surface area contributed by atoms with Gasteiger partial charge in [0.1, 0.15) is 11.4 Å². The molecule has 162 valence electrons. The number of nitrogens with one attached hydrogen (secondary N) is 1. The quantitative estimate of drug-likeness (QED) is 0.780. The molecule has 3 heterocycles. The van der Waals surface area contributed by atoms with Crippen LogP contribution in [0.3, 0.4) is 0 Å². The second kappa shape index (κ2) is 7.19. The van der Waals surface area contributed by atoms with Gasteiger partial charge in [0.05, 0.1) is 18.7 Å². The van der Waals surface area contributed by atoms with Crippen LogP contribution in [-0.2, 0) is 11.3 Å². The van der Waals surface area contributed by atoms with Crippen LogP contribution < -0.4 is 10.7 Å². The Hall–Kier alpha value is -3.20. The van der Waals surface area contributed by atoms with E-state index in [1.807, 2.05) is 0 Å². The van der Waals surface area contributed by atoms with Crippen molar-refractivity contribution in [2.24, 2.45) is 0 Å². The smallest absolute Gasteiger partial charge is 0.276 e. The molecule has 2 bridgehead atoms. The monoisotopic (exact) mass is 427 g/mol. The van der Waals surface area contributed by atoms with E-state index in [0.717, 1.165) is 19.3 Å².